The summed E-state index contributed by atoms with van der Waals surface area (Å²) in [7, 11) is 0. The summed E-state index contributed by atoms with van der Waals surface area (Å²) in [4.78, 5) is 22.9. The minimum absolute atomic E-state index is 0.0383. The van der Waals surface area contributed by atoms with E-state index in [2.05, 4.69) is 5.32 Å². The molecule has 1 heterocycles. The van der Waals surface area contributed by atoms with E-state index >= 15 is 0 Å². The van der Waals surface area contributed by atoms with Crippen molar-refractivity contribution in [2.45, 2.75) is 19.2 Å². The van der Waals surface area contributed by atoms with Gasteiger partial charge in [0.25, 0.3) is 5.69 Å². The molecule has 2 rings (SSSR count). The van der Waals surface area contributed by atoms with Crippen LogP contribution in [0, 0.1) is 10.1 Å². The Morgan fingerprint density at radius 1 is 1.48 bits per heavy atom. The largest absolute Gasteiger partial charge is 0.445 e. The van der Waals surface area contributed by atoms with E-state index in [9.17, 15) is 28.1 Å². The smallest absolute Gasteiger partial charge is 0.416 e. The number of nitrogens with zero attached hydrogens (tertiary/aromatic N) is 2. The maximum atomic E-state index is 12.6. The van der Waals surface area contributed by atoms with E-state index in [1.54, 1.807) is 6.92 Å². The van der Waals surface area contributed by atoms with Crippen LogP contribution in [0.5, 0.6) is 0 Å². The van der Waals surface area contributed by atoms with Gasteiger partial charge in [-0.25, -0.2) is 4.79 Å². The molecule has 1 amide bonds. The number of hydrogen-bond acceptors (Lipinski definition) is 5. The second-order valence-corrected chi connectivity index (χ2v) is 5.05. The topological polar surface area (TPSA) is 84.7 Å². The molecule has 1 aromatic carbocycles. The van der Waals surface area contributed by atoms with E-state index in [1.165, 1.54) is 4.90 Å². The van der Waals surface area contributed by atoms with Gasteiger partial charge in [-0.15, -0.1) is 0 Å². The van der Waals surface area contributed by atoms with Gasteiger partial charge in [-0.2, -0.15) is 13.2 Å². The van der Waals surface area contributed by atoms with Gasteiger partial charge in [0.1, 0.15) is 11.8 Å². The van der Waals surface area contributed by atoms with Gasteiger partial charge in [-0.05, 0) is 19.1 Å². The standard InChI is InChI=1S/C13H14F3N3O4/c1-8-7-18(12(20)23-8)5-4-17-10-3-2-9(13(14,15)16)6-11(10)19(21)22/h2-3,6,8,17H,4-5,7H2,1H3/t8-/m0/s1. The lowest BCUT2D eigenvalue weighted by Gasteiger charge is -2.14. The number of nitrogens with one attached hydrogen (secondary N) is 1. The molecule has 1 N–H and O–H groups in total. The van der Waals surface area contributed by atoms with Crippen LogP contribution in [0.2, 0.25) is 0 Å². The lowest BCUT2D eigenvalue weighted by Crippen LogP contribution is -2.30. The fourth-order valence-electron chi connectivity index (χ4n) is 2.19. The van der Waals surface area contributed by atoms with Gasteiger partial charge < -0.3 is 15.0 Å². The van der Waals surface area contributed by atoms with Gasteiger partial charge in [0, 0.05) is 19.2 Å². The number of benzene rings is 1. The summed E-state index contributed by atoms with van der Waals surface area (Å²) in [5, 5.41) is 13.6. The van der Waals surface area contributed by atoms with Crippen LogP contribution in [0.4, 0.5) is 29.3 Å². The number of amides is 1. The average Bonchev–Trinajstić information content (AvgIpc) is 2.76. The summed E-state index contributed by atoms with van der Waals surface area (Å²) in [6, 6.07) is 2.25. The maximum Gasteiger partial charge on any atom is 0.416 e. The minimum atomic E-state index is -4.65. The number of carbonyl (C=O) groups is 1. The first-order valence-corrected chi connectivity index (χ1v) is 6.73. The summed E-state index contributed by atoms with van der Waals surface area (Å²) in [5.41, 5.74) is -1.80. The molecule has 0 bridgehead atoms. The molecule has 0 unspecified atom stereocenters. The third-order valence-electron chi connectivity index (χ3n) is 3.26. The van der Waals surface area contributed by atoms with Crippen molar-refractivity contribution in [1.29, 1.82) is 0 Å². The van der Waals surface area contributed by atoms with E-state index < -0.39 is 28.4 Å². The summed E-state index contributed by atoms with van der Waals surface area (Å²) < 4.78 is 42.7. The van der Waals surface area contributed by atoms with Gasteiger partial charge in [0.05, 0.1) is 17.0 Å². The van der Waals surface area contributed by atoms with Crippen molar-refractivity contribution < 1.29 is 27.6 Å². The summed E-state index contributed by atoms with van der Waals surface area (Å²) in [6.45, 7) is 2.50. The number of nitro benzene ring substituents is 1. The molecule has 126 valence electrons. The highest BCUT2D eigenvalue weighted by atomic mass is 19.4. The SMILES string of the molecule is C[C@H]1CN(CCNc2ccc(C(F)(F)F)cc2[N+](=O)[O-])C(=O)O1. The predicted molar refractivity (Wildman–Crippen MR) is 74.1 cm³/mol. The molecule has 1 aliphatic heterocycles. The number of hydrogen-bond donors (Lipinski definition) is 1. The third kappa shape index (κ3) is 4.02. The van der Waals surface area contributed by atoms with Crippen LogP contribution >= 0.6 is 0 Å². The fourth-order valence-corrected chi connectivity index (χ4v) is 2.19. The fraction of sp³-hybridized carbons (Fsp3) is 0.462. The molecule has 0 aromatic heterocycles. The molecular weight excluding hydrogens is 319 g/mol. The monoisotopic (exact) mass is 333 g/mol. The molecule has 7 nitrogen and oxygen atoms in total. The molecule has 1 aliphatic rings. The molecule has 0 saturated carbocycles. The second-order valence-electron chi connectivity index (χ2n) is 5.05. The van der Waals surface area contributed by atoms with Gasteiger partial charge in [0.15, 0.2) is 0 Å². The van der Waals surface area contributed by atoms with Crippen LogP contribution in [0.25, 0.3) is 0 Å². The third-order valence-corrected chi connectivity index (χ3v) is 3.26. The van der Waals surface area contributed by atoms with Crippen LogP contribution in [-0.2, 0) is 10.9 Å². The van der Waals surface area contributed by atoms with Crippen LogP contribution in [0.15, 0.2) is 18.2 Å². The molecule has 1 fully saturated rings. The molecule has 23 heavy (non-hydrogen) atoms. The number of halogens is 3. The van der Waals surface area contributed by atoms with Crippen molar-refractivity contribution in [2.75, 3.05) is 25.0 Å². The van der Waals surface area contributed by atoms with Crippen LogP contribution in [-0.4, -0.2) is 41.7 Å². The Kier molecular flexibility index (Phi) is 4.62. The Labute approximate surface area is 129 Å². The number of nitro groups is 1. The van der Waals surface area contributed by atoms with E-state index in [-0.39, 0.29) is 24.9 Å². The van der Waals surface area contributed by atoms with Crippen molar-refractivity contribution in [1.82, 2.24) is 4.90 Å². The Hall–Kier alpha value is -2.52. The molecule has 1 atom stereocenters. The van der Waals surface area contributed by atoms with Crippen molar-refractivity contribution in [3.8, 4) is 0 Å². The number of carbonyl (C=O) groups excluding carboxylic acids is 1. The van der Waals surface area contributed by atoms with Gasteiger partial charge >= 0.3 is 12.3 Å². The Morgan fingerprint density at radius 3 is 2.70 bits per heavy atom. The molecule has 1 aromatic rings. The molecule has 0 spiro atoms. The Morgan fingerprint density at radius 2 is 2.17 bits per heavy atom. The highest BCUT2D eigenvalue weighted by Crippen LogP contribution is 2.34. The summed E-state index contributed by atoms with van der Waals surface area (Å²) >= 11 is 0. The van der Waals surface area contributed by atoms with Crippen molar-refractivity contribution in [2.24, 2.45) is 0 Å². The van der Waals surface area contributed by atoms with E-state index in [0.717, 1.165) is 12.1 Å². The highest BCUT2D eigenvalue weighted by Gasteiger charge is 2.33. The number of alkyl halides is 3. The second kappa shape index (κ2) is 6.31. The van der Waals surface area contributed by atoms with Crippen molar-refractivity contribution in [3.05, 3.63) is 33.9 Å². The maximum absolute atomic E-state index is 12.6. The van der Waals surface area contributed by atoms with E-state index in [1.807, 2.05) is 0 Å². The number of ether oxygens (including phenoxy) is 1. The Balaban J connectivity index is 2.05. The first kappa shape index (κ1) is 16.8. The van der Waals surface area contributed by atoms with Crippen molar-refractivity contribution >= 4 is 17.5 Å². The first-order chi connectivity index (χ1) is 10.7. The van der Waals surface area contributed by atoms with E-state index in [4.69, 9.17) is 4.74 Å². The van der Waals surface area contributed by atoms with E-state index in [0.29, 0.717) is 12.6 Å². The highest BCUT2D eigenvalue weighted by molar-refractivity contribution is 5.70. The molecular formula is C13H14F3N3O4. The molecule has 0 radical (unpaired) electrons. The number of cyclic esters (lactones) is 1. The quantitative estimate of drug-likeness (QED) is 0.661. The van der Waals surface area contributed by atoms with Gasteiger partial charge in [0.2, 0.25) is 0 Å². The molecule has 10 heteroatoms. The molecule has 0 aliphatic carbocycles. The molecule has 1 saturated heterocycles. The zero-order valence-electron chi connectivity index (χ0n) is 12.1. The van der Waals surface area contributed by atoms with Crippen LogP contribution in [0.3, 0.4) is 0 Å². The lowest BCUT2D eigenvalue weighted by atomic mass is 10.1. The van der Waals surface area contributed by atoms with Gasteiger partial charge in [-0.1, -0.05) is 0 Å². The minimum Gasteiger partial charge on any atom is -0.445 e. The number of anilines is 1. The number of rotatable bonds is 5. The zero-order valence-corrected chi connectivity index (χ0v) is 12.1. The lowest BCUT2D eigenvalue weighted by molar-refractivity contribution is -0.384. The Bertz CT molecular complexity index is 621. The van der Waals surface area contributed by atoms with Gasteiger partial charge in [-0.3, -0.25) is 10.1 Å². The van der Waals surface area contributed by atoms with Crippen molar-refractivity contribution in [3.63, 3.8) is 0 Å². The predicted octanol–water partition coefficient (Wildman–Crippen LogP) is 2.87. The zero-order chi connectivity index (χ0) is 17.2. The van der Waals surface area contributed by atoms with Crippen LogP contribution < -0.4 is 5.32 Å². The summed E-state index contributed by atoms with van der Waals surface area (Å²) in [6.07, 6.45) is -5.37. The van der Waals surface area contributed by atoms with Crippen LogP contribution in [0.1, 0.15) is 12.5 Å². The normalized spacial score (nSPS) is 18.0. The first-order valence-electron chi connectivity index (χ1n) is 6.73. The average molecular weight is 333 g/mol. The summed E-state index contributed by atoms with van der Waals surface area (Å²) in [5.74, 6) is 0.